The SMILES string of the molecule is CC1C=C(c2ccc3c(c2)B2c4c(cccc4N(c4ccc(-c5ccccc5)cc4)C4C=CC(c5ccccc5)=CC24)N3c2ccc(-c3ccccc3)cc2)CCC1. The van der Waals surface area contributed by atoms with E-state index in [4.69, 9.17) is 0 Å². The molecule has 58 heavy (non-hydrogen) atoms. The van der Waals surface area contributed by atoms with E-state index in [1.807, 2.05) is 0 Å². The summed E-state index contributed by atoms with van der Waals surface area (Å²) in [4.78, 5) is 5.17. The zero-order valence-electron chi connectivity index (χ0n) is 32.9. The third-order valence-corrected chi connectivity index (χ3v) is 13.0. The van der Waals surface area contributed by atoms with Gasteiger partial charge in [-0.3, -0.25) is 0 Å². The second-order valence-corrected chi connectivity index (χ2v) is 16.5. The van der Waals surface area contributed by atoms with Gasteiger partial charge in [-0.1, -0.05) is 165 Å². The van der Waals surface area contributed by atoms with Crippen molar-refractivity contribution in [3.8, 4) is 22.3 Å². The van der Waals surface area contributed by atoms with Crippen LogP contribution in [0.2, 0.25) is 5.82 Å². The van der Waals surface area contributed by atoms with Gasteiger partial charge in [0.25, 0.3) is 0 Å². The molecule has 11 rings (SSSR count). The minimum Gasteiger partial charge on any atom is -0.335 e. The van der Waals surface area contributed by atoms with Crippen LogP contribution in [0.15, 0.2) is 200 Å². The Hall–Kier alpha value is -6.58. The molecular weight excluding hydrogens is 699 g/mol. The van der Waals surface area contributed by atoms with Crippen molar-refractivity contribution in [3.63, 3.8) is 0 Å². The van der Waals surface area contributed by atoms with E-state index in [0.29, 0.717) is 5.92 Å². The second kappa shape index (κ2) is 14.4. The van der Waals surface area contributed by atoms with Crippen molar-refractivity contribution in [2.75, 3.05) is 9.80 Å². The first-order valence-electron chi connectivity index (χ1n) is 21.0. The molecule has 0 fully saturated rings. The van der Waals surface area contributed by atoms with Crippen molar-refractivity contribution in [2.24, 2.45) is 5.92 Å². The lowest BCUT2D eigenvalue weighted by Crippen LogP contribution is -2.61. The van der Waals surface area contributed by atoms with Gasteiger partial charge < -0.3 is 9.80 Å². The predicted octanol–water partition coefficient (Wildman–Crippen LogP) is 13.2. The van der Waals surface area contributed by atoms with Gasteiger partial charge in [-0.2, -0.15) is 0 Å². The number of hydrogen-bond acceptors (Lipinski definition) is 2. The van der Waals surface area contributed by atoms with E-state index in [9.17, 15) is 0 Å². The molecular formula is C55H45BN2. The maximum atomic E-state index is 2.63. The molecule has 0 amide bonds. The van der Waals surface area contributed by atoms with Crippen LogP contribution in [0.1, 0.15) is 37.3 Å². The fraction of sp³-hybridized carbons (Fsp3) is 0.127. The summed E-state index contributed by atoms with van der Waals surface area (Å²) in [7, 11) is 0. The predicted molar refractivity (Wildman–Crippen MR) is 248 cm³/mol. The summed E-state index contributed by atoms with van der Waals surface area (Å²) in [5.74, 6) is 0.797. The highest BCUT2D eigenvalue weighted by atomic mass is 15.2. The highest BCUT2D eigenvalue weighted by Crippen LogP contribution is 2.49. The topological polar surface area (TPSA) is 6.48 Å². The van der Waals surface area contributed by atoms with Crippen LogP contribution < -0.4 is 20.7 Å². The molecule has 2 aliphatic heterocycles. The van der Waals surface area contributed by atoms with Crippen molar-refractivity contribution in [1.29, 1.82) is 0 Å². The first-order chi connectivity index (χ1) is 28.7. The third kappa shape index (κ3) is 5.96. The number of rotatable bonds is 6. The molecule has 7 aromatic carbocycles. The van der Waals surface area contributed by atoms with E-state index in [2.05, 4.69) is 217 Å². The van der Waals surface area contributed by atoms with Crippen LogP contribution in [0, 0.1) is 5.92 Å². The molecule has 2 heterocycles. The van der Waals surface area contributed by atoms with E-state index in [1.165, 1.54) is 96.7 Å². The van der Waals surface area contributed by atoms with Crippen molar-refractivity contribution >= 4 is 57.2 Å². The lowest BCUT2D eigenvalue weighted by molar-refractivity contribution is 0.593. The summed E-state index contributed by atoms with van der Waals surface area (Å²) in [6.07, 6.45) is 13.6. The third-order valence-electron chi connectivity index (χ3n) is 13.0. The zero-order chi connectivity index (χ0) is 38.6. The quantitative estimate of drug-likeness (QED) is 0.156. The number of benzene rings is 7. The normalized spacial score (nSPS) is 19.1. The Labute approximate surface area is 343 Å². The van der Waals surface area contributed by atoms with Gasteiger partial charge in [-0.15, -0.1) is 0 Å². The van der Waals surface area contributed by atoms with Gasteiger partial charge in [-0.05, 0) is 129 Å². The molecule has 4 aliphatic rings. The number of hydrogen-bond donors (Lipinski definition) is 0. The fourth-order valence-electron chi connectivity index (χ4n) is 10.2. The number of nitrogens with zero attached hydrogens (tertiary/aromatic N) is 2. The summed E-state index contributed by atoms with van der Waals surface area (Å²) < 4.78 is 0. The lowest BCUT2D eigenvalue weighted by Gasteiger charge is -2.50. The van der Waals surface area contributed by atoms with Crippen LogP contribution in [-0.2, 0) is 0 Å². The Morgan fingerprint density at radius 2 is 1.10 bits per heavy atom. The van der Waals surface area contributed by atoms with E-state index in [1.54, 1.807) is 0 Å². The Morgan fingerprint density at radius 3 is 1.76 bits per heavy atom. The van der Waals surface area contributed by atoms with Gasteiger partial charge in [0.2, 0.25) is 6.71 Å². The number of fused-ring (bicyclic) bond motifs is 4. The number of allylic oxidation sites excluding steroid dienone is 4. The maximum absolute atomic E-state index is 2.63. The minimum atomic E-state index is 0.130. The summed E-state index contributed by atoms with van der Waals surface area (Å²) in [5.41, 5.74) is 19.4. The van der Waals surface area contributed by atoms with Crippen LogP contribution in [0.4, 0.5) is 28.4 Å². The first kappa shape index (κ1) is 34.7. The number of anilines is 5. The average Bonchev–Trinajstić information content (AvgIpc) is 3.30. The fourth-order valence-corrected chi connectivity index (χ4v) is 10.2. The van der Waals surface area contributed by atoms with Gasteiger partial charge in [0.05, 0.1) is 6.04 Å². The Balaban J connectivity index is 1.13. The zero-order valence-corrected chi connectivity index (χ0v) is 32.9. The largest absolute Gasteiger partial charge is 0.335 e. The van der Waals surface area contributed by atoms with Crippen LogP contribution in [-0.4, -0.2) is 12.8 Å². The molecule has 2 nitrogen and oxygen atoms in total. The van der Waals surface area contributed by atoms with Gasteiger partial charge in [0.15, 0.2) is 0 Å². The molecule has 0 N–H and O–H groups in total. The van der Waals surface area contributed by atoms with E-state index in [-0.39, 0.29) is 18.6 Å². The molecule has 0 spiro atoms. The molecule has 3 unspecified atom stereocenters. The van der Waals surface area contributed by atoms with E-state index < -0.39 is 0 Å². The molecule has 2 aliphatic carbocycles. The molecule has 0 radical (unpaired) electrons. The van der Waals surface area contributed by atoms with Crippen molar-refractivity contribution in [1.82, 2.24) is 0 Å². The standard InChI is InChI=1S/C55H45BN2/c1-38-13-11-20-44(35-38)46-28-34-52-50(37-46)56-49-36-45(41-18-9-4-10-19-41)27-33-51(49)57(47-29-23-42(24-30-47)39-14-5-2-6-15-39)53-21-12-22-54(55(53)56)58(52)48-31-25-43(26-32-48)40-16-7-3-8-17-40/h2-10,12,14-19,21-38,49,51H,11,13,20H2,1H3. The van der Waals surface area contributed by atoms with Crippen molar-refractivity contribution in [3.05, 3.63) is 211 Å². The molecule has 0 aromatic heterocycles. The van der Waals surface area contributed by atoms with Crippen LogP contribution in [0.25, 0.3) is 33.4 Å². The summed E-state index contributed by atoms with van der Waals surface area (Å²) >= 11 is 0. The van der Waals surface area contributed by atoms with Crippen LogP contribution in [0.3, 0.4) is 0 Å². The van der Waals surface area contributed by atoms with Crippen molar-refractivity contribution < 1.29 is 0 Å². The second-order valence-electron chi connectivity index (χ2n) is 16.5. The molecule has 278 valence electrons. The molecule has 0 saturated carbocycles. The Morgan fingerprint density at radius 1 is 0.517 bits per heavy atom. The summed E-state index contributed by atoms with van der Waals surface area (Å²) in [6.45, 7) is 2.54. The van der Waals surface area contributed by atoms with Gasteiger partial charge >= 0.3 is 0 Å². The maximum Gasteiger partial charge on any atom is 0.226 e. The monoisotopic (exact) mass is 744 g/mol. The summed E-state index contributed by atoms with van der Waals surface area (Å²) in [5, 5.41) is 0. The highest BCUT2D eigenvalue weighted by Gasteiger charge is 2.49. The molecule has 0 saturated heterocycles. The molecule has 0 bridgehead atoms. The molecule has 7 aromatic rings. The van der Waals surface area contributed by atoms with Crippen LogP contribution in [0.5, 0.6) is 0 Å². The van der Waals surface area contributed by atoms with E-state index in [0.717, 1.165) is 6.42 Å². The molecule has 3 atom stereocenters. The first-order valence-corrected chi connectivity index (χ1v) is 21.0. The van der Waals surface area contributed by atoms with Gasteiger partial charge in [0.1, 0.15) is 0 Å². The average molecular weight is 745 g/mol. The van der Waals surface area contributed by atoms with Crippen LogP contribution >= 0.6 is 0 Å². The Bertz CT molecular complexity index is 2710. The molecule has 3 heteroatoms. The van der Waals surface area contributed by atoms with E-state index >= 15 is 0 Å². The smallest absolute Gasteiger partial charge is 0.226 e. The summed E-state index contributed by atoms with van der Waals surface area (Å²) in [6, 6.07) is 65.3. The Kier molecular flexibility index (Phi) is 8.62. The lowest BCUT2D eigenvalue weighted by atomic mass is 9.29. The van der Waals surface area contributed by atoms with Gasteiger partial charge in [0, 0.05) is 28.4 Å². The highest BCUT2D eigenvalue weighted by molar-refractivity contribution is 6.91. The minimum absolute atomic E-state index is 0.130. The van der Waals surface area contributed by atoms with Crippen molar-refractivity contribution in [2.45, 2.75) is 38.0 Å². The van der Waals surface area contributed by atoms with Gasteiger partial charge in [-0.25, -0.2) is 0 Å².